The normalized spacial score (nSPS) is 15.0. The molecule has 0 aliphatic carbocycles. The minimum absolute atomic E-state index is 0.0132. The number of carboxylic acid groups (broad SMARTS) is 1. The van der Waals surface area contributed by atoms with Crippen molar-refractivity contribution < 1.29 is 23.1 Å². The van der Waals surface area contributed by atoms with Gasteiger partial charge in [0.05, 0.1) is 16.5 Å². The molecule has 8 nitrogen and oxygen atoms in total. The summed E-state index contributed by atoms with van der Waals surface area (Å²) in [5, 5.41) is 12.2. The number of carboxylic acids is 1. The van der Waals surface area contributed by atoms with E-state index in [1.54, 1.807) is 48.5 Å². The number of hydrazine groups is 1. The van der Waals surface area contributed by atoms with Gasteiger partial charge >= 0.3 is 5.97 Å². The van der Waals surface area contributed by atoms with E-state index in [0.717, 1.165) is 23.2 Å². The molecule has 0 spiro atoms. The zero-order valence-corrected chi connectivity index (χ0v) is 24.6. The molecular formula is C34H33N3O5S. The van der Waals surface area contributed by atoms with Crippen LogP contribution in [0.3, 0.4) is 0 Å². The average molecular weight is 596 g/mol. The van der Waals surface area contributed by atoms with Crippen LogP contribution >= 0.6 is 0 Å². The first-order valence-corrected chi connectivity index (χ1v) is 15.6. The molecule has 0 bridgehead atoms. The van der Waals surface area contributed by atoms with E-state index < -0.39 is 21.9 Å². The van der Waals surface area contributed by atoms with Crippen LogP contribution in [0.1, 0.15) is 34.8 Å². The first kappa shape index (κ1) is 29.8. The van der Waals surface area contributed by atoms with Crippen molar-refractivity contribution in [1.82, 2.24) is 15.2 Å². The second-order valence-corrected chi connectivity index (χ2v) is 12.0. The fourth-order valence-electron chi connectivity index (χ4n) is 5.32. The molecule has 1 amide bonds. The van der Waals surface area contributed by atoms with Gasteiger partial charge in [0.2, 0.25) is 0 Å². The van der Waals surface area contributed by atoms with Gasteiger partial charge in [-0.1, -0.05) is 97.9 Å². The quantitative estimate of drug-likeness (QED) is 0.218. The fourth-order valence-corrected chi connectivity index (χ4v) is 6.53. The smallest absolute Gasteiger partial charge is 0.335 e. The van der Waals surface area contributed by atoms with Crippen molar-refractivity contribution in [1.29, 1.82) is 0 Å². The Morgan fingerprint density at radius 3 is 2.12 bits per heavy atom. The maximum atomic E-state index is 13.3. The van der Waals surface area contributed by atoms with Crippen LogP contribution in [-0.2, 0) is 27.7 Å². The number of hydrogen-bond donors (Lipinski definition) is 3. The summed E-state index contributed by atoms with van der Waals surface area (Å²) in [4.78, 5) is 25.1. The molecule has 1 unspecified atom stereocenters. The number of hydrogen-bond acceptors (Lipinski definition) is 6. The molecule has 1 aliphatic heterocycles. The lowest BCUT2D eigenvalue weighted by Gasteiger charge is -2.23. The molecule has 1 heterocycles. The lowest BCUT2D eigenvalue weighted by molar-refractivity contribution is -0.133. The van der Waals surface area contributed by atoms with Crippen molar-refractivity contribution in [2.75, 3.05) is 6.54 Å². The van der Waals surface area contributed by atoms with Crippen LogP contribution in [0.2, 0.25) is 0 Å². The first-order chi connectivity index (χ1) is 20.8. The predicted octanol–water partition coefficient (Wildman–Crippen LogP) is 5.20. The monoisotopic (exact) mass is 595 g/mol. The van der Waals surface area contributed by atoms with Gasteiger partial charge in [0.25, 0.3) is 15.9 Å². The SMILES string of the molecule is CCCN1NC(Cc2ccccc2)C(C(=O)O)=C1Cc1ccc(-c2ccccc2S(=O)(=O)NC(=O)c2ccccc2)cc1. The van der Waals surface area contributed by atoms with Gasteiger partial charge < -0.3 is 10.1 Å². The highest BCUT2D eigenvalue weighted by molar-refractivity contribution is 7.90. The standard InChI is InChI=1S/C34H33N3O5S/c1-2-21-37-30(32(34(39)40)29(35-37)22-24-11-5-3-6-12-24)23-25-17-19-26(20-18-25)28-15-9-10-16-31(28)43(41,42)36-33(38)27-13-7-4-8-14-27/h3-20,29,35H,2,21-23H2,1H3,(H,36,38)(H,39,40). The topological polar surface area (TPSA) is 116 Å². The largest absolute Gasteiger partial charge is 0.478 e. The molecule has 5 rings (SSSR count). The Morgan fingerprint density at radius 1 is 0.837 bits per heavy atom. The number of carbonyl (C=O) groups excluding carboxylic acids is 1. The minimum atomic E-state index is -4.16. The molecule has 0 saturated carbocycles. The van der Waals surface area contributed by atoms with E-state index in [1.807, 2.05) is 66.5 Å². The second-order valence-electron chi connectivity index (χ2n) is 10.4. The van der Waals surface area contributed by atoms with Gasteiger partial charge in [-0.05, 0) is 47.7 Å². The van der Waals surface area contributed by atoms with Crippen LogP contribution < -0.4 is 10.1 Å². The lowest BCUT2D eigenvalue weighted by Crippen LogP contribution is -2.39. The molecule has 4 aromatic rings. The van der Waals surface area contributed by atoms with Gasteiger partial charge in [-0.3, -0.25) is 4.79 Å². The van der Waals surface area contributed by atoms with Crippen LogP contribution in [0, 0.1) is 0 Å². The summed E-state index contributed by atoms with van der Waals surface area (Å²) in [5.41, 5.74) is 7.76. The molecule has 9 heteroatoms. The molecule has 1 atom stereocenters. The Labute approximate surface area is 251 Å². The van der Waals surface area contributed by atoms with Crippen molar-refractivity contribution in [3.8, 4) is 11.1 Å². The van der Waals surface area contributed by atoms with E-state index in [2.05, 4.69) is 10.1 Å². The number of aliphatic carboxylic acids is 1. The fraction of sp³-hybridized carbons (Fsp3) is 0.176. The molecule has 220 valence electrons. The number of sulfonamides is 1. The van der Waals surface area contributed by atoms with Crippen molar-refractivity contribution in [2.24, 2.45) is 0 Å². The Bertz CT molecular complexity index is 1740. The molecule has 0 radical (unpaired) electrons. The molecular weight excluding hydrogens is 562 g/mol. The summed E-state index contributed by atoms with van der Waals surface area (Å²) in [6.45, 7) is 2.71. The van der Waals surface area contributed by atoms with Crippen LogP contribution in [0.25, 0.3) is 11.1 Å². The third kappa shape index (κ3) is 6.85. The molecule has 0 saturated heterocycles. The van der Waals surface area contributed by atoms with E-state index in [-0.39, 0.29) is 16.5 Å². The van der Waals surface area contributed by atoms with E-state index in [0.29, 0.717) is 36.1 Å². The average Bonchev–Trinajstić information content (AvgIpc) is 3.34. The van der Waals surface area contributed by atoms with Gasteiger partial charge in [-0.25, -0.2) is 23.4 Å². The van der Waals surface area contributed by atoms with Crippen LogP contribution in [-0.4, -0.2) is 43.0 Å². The highest BCUT2D eigenvalue weighted by Crippen LogP contribution is 2.30. The van der Waals surface area contributed by atoms with Crippen molar-refractivity contribution in [3.63, 3.8) is 0 Å². The Hall–Kier alpha value is -4.73. The third-order valence-electron chi connectivity index (χ3n) is 7.33. The number of allylic oxidation sites excluding steroid dienone is 1. The van der Waals surface area contributed by atoms with Crippen molar-refractivity contribution in [3.05, 3.63) is 137 Å². The molecule has 0 aromatic heterocycles. The number of amides is 1. The predicted molar refractivity (Wildman–Crippen MR) is 165 cm³/mol. The highest BCUT2D eigenvalue weighted by Gasteiger charge is 2.35. The third-order valence-corrected chi connectivity index (χ3v) is 8.72. The van der Waals surface area contributed by atoms with E-state index >= 15 is 0 Å². The van der Waals surface area contributed by atoms with E-state index in [9.17, 15) is 23.1 Å². The number of nitrogens with zero attached hydrogens (tertiary/aromatic N) is 1. The summed E-state index contributed by atoms with van der Waals surface area (Å²) in [6, 6.07) is 31.5. The number of rotatable bonds is 11. The zero-order chi connectivity index (χ0) is 30.4. The zero-order valence-electron chi connectivity index (χ0n) is 23.7. The van der Waals surface area contributed by atoms with Gasteiger partial charge in [0.15, 0.2) is 0 Å². The Kier molecular flexibility index (Phi) is 9.04. The van der Waals surface area contributed by atoms with Crippen LogP contribution in [0.5, 0.6) is 0 Å². The van der Waals surface area contributed by atoms with Gasteiger partial charge in [-0.2, -0.15) is 0 Å². The molecule has 4 aromatic carbocycles. The summed E-state index contributed by atoms with van der Waals surface area (Å²) < 4.78 is 28.7. The maximum absolute atomic E-state index is 13.3. The summed E-state index contributed by atoms with van der Waals surface area (Å²) in [7, 11) is -4.16. The number of benzene rings is 4. The summed E-state index contributed by atoms with van der Waals surface area (Å²) >= 11 is 0. The first-order valence-electron chi connectivity index (χ1n) is 14.1. The van der Waals surface area contributed by atoms with E-state index in [1.165, 1.54) is 6.07 Å². The molecule has 0 fully saturated rings. The lowest BCUT2D eigenvalue weighted by atomic mass is 9.96. The minimum Gasteiger partial charge on any atom is -0.478 e. The molecule has 3 N–H and O–H groups in total. The Morgan fingerprint density at radius 2 is 1.47 bits per heavy atom. The van der Waals surface area contributed by atoms with Crippen LogP contribution in [0.15, 0.2) is 125 Å². The maximum Gasteiger partial charge on any atom is 0.335 e. The van der Waals surface area contributed by atoms with Crippen molar-refractivity contribution in [2.45, 2.75) is 37.1 Å². The summed E-state index contributed by atoms with van der Waals surface area (Å²) in [6.07, 6.45) is 1.79. The van der Waals surface area contributed by atoms with Gasteiger partial charge in [0.1, 0.15) is 0 Å². The molecule has 43 heavy (non-hydrogen) atoms. The molecule has 1 aliphatic rings. The van der Waals surface area contributed by atoms with E-state index in [4.69, 9.17) is 0 Å². The van der Waals surface area contributed by atoms with Gasteiger partial charge in [0, 0.05) is 29.8 Å². The number of nitrogens with one attached hydrogen (secondary N) is 2. The van der Waals surface area contributed by atoms with Crippen LogP contribution in [0.4, 0.5) is 0 Å². The van der Waals surface area contributed by atoms with Gasteiger partial charge in [-0.15, -0.1) is 0 Å². The number of carbonyl (C=O) groups is 2. The second kappa shape index (κ2) is 13.1. The van der Waals surface area contributed by atoms with Crippen molar-refractivity contribution >= 4 is 21.9 Å². The summed E-state index contributed by atoms with van der Waals surface area (Å²) in [5.74, 6) is -1.66. The highest BCUT2D eigenvalue weighted by atomic mass is 32.2. The Balaban J connectivity index is 1.40.